The minimum Gasteiger partial charge on any atom is -0.487 e. The van der Waals surface area contributed by atoms with E-state index >= 15 is 0 Å². The molecule has 0 aromatic heterocycles. The second-order valence-corrected chi connectivity index (χ2v) is 8.65. The first-order chi connectivity index (χ1) is 11.2. The van der Waals surface area contributed by atoms with Crippen LogP contribution in [0.1, 0.15) is 56.6 Å². The van der Waals surface area contributed by atoms with Crippen LogP contribution in [0.25, 0.3) is 0 Å². The monoisotopic (exact) mass is 333 g/mol. The number of fused-ring (bicyclic) bond motifs is 1. The molecular weight excluding hydrogens is 306 g/mol. The molecule has 1 saturated carbocycles. The lowest BCUT2D eigenvalue weighted by atomic mass is 9.77. The van der Waals surface area contributed by atoms with Crippen molar-refractivity contribution >= 4 is 11.8 Å². The zero-order valence-corrected chi connectivity index (χ0v) is 14.5. The SMILES string of the molecule is OC1(CNC2CC3(CCCCC3)Oc3ccccc32)CCSC1. The Bertz CT molecular complexity index is 550. The molecule has 3 aliphatic rings. The lowest BCUT2D eigenvalue weighted by Gasteiger charge is -2.45. The van der Waals surface area contributed by atoms with Gasteiger partial charge in [0.05, 0.1) is 5.60 Å². The largest absolute Gasteiger partial charge is 0.487 e. The Kier molecular flexibility index (Phi) is 4.33. The van der Waals surface area contributed by atoms with Crippen molar-refractivity contribution in [1.29, 1.82) is 0 Å². The number of rotatable bonds is 3. The molecule has 0 bridgehead atoms. The fourth-order valence-corrected chi connectivity index (χ4v) is 5.65. The highest BCUT2D eigenvalue weighted by Crippen LogP contribution is 2.46. The van der Waals surface area contributed by atoms with Gasteiger partial charge < -0.3 is 15.2 Å². The Hall–Kier alpha value is -0.710. The summed E-state index contributed by atoms with van der Waals surface area (Å²) in [6, 6.07) is 8.75. The first-order valence-electron chi connectivity index (χ1n) is 9.00. The van der Waals surface area contributed by atoms with Gasteiger partial charge in [-0.2, -0.15) is 11.8 Å². The molecule has 1 spiro atoms. The molecule has 0 radical (unpaired) electrons. The number of ether oxygens (including phenoxy) is 1. The molecule has 2 heterocycles. The van der Waals surface area contributed by atoms with Gasteiger partial charge in [-0.3, -0.25) is 0 Å². The highest BCUT2D eigenvalue weighted by Gasteiger charge is 2.42. The van der Waals surface area contributed by atoms with Gasteiger partial charge in [-0.25, -0.2) is 0 Å². The van der Waals surface area contributed by atoms with E-state index in [1.807, 2.05) is 11.8 Å². The molecule has 2 unspecified atom stereocenters. The van der Waals surface area contributed by atoms with Crippen molar-refractivity contribution in [2.75, 3.05) is 18.1 Å². The predicted molar refractivity (Wildman–Crippen MR) is 95.1 cm³/mol. The molecule has 23 heavy (non-hydrogen) atoms. The fraction of sp³-hybridized carbons (Fsp3) is 0.684. The van der Waals surface area contributed by atoms with E-state index in [0.717, 1.165) is 30.1 Å². The molecule has 2 N–H and O–H groups in total. The molecule has 2 aliphatic heterocycles. The van der Waals surface area contributed by atoms with Gasteiger partial charge in [-0.15, -0.1) is 0 Å². The van der Waals surface area contributed by atoms with E-state index in [4.69, 9.17) is 4.74 Å². The molecule has 2 atom stereocenters. The number of hydrogen-bond donors (Lipinski definition) is 2. The van der Waals surface area contributed by atoms with Crippen LogP contribution in [0.5, 0.6) is 5.75 Å². The molecule has 1 aliphatic carbocycles. The molecule has 1 saturated heterocycles. The lowest BCUT2D eigenvalue weighted by Crippen LogP contribution is -2.48. The van der Waals surface area contributed by atoms with Crippen LogP contribution in [-0.2, 0) is 0 Å². The van der Waals surface area contributed by atoms with Crippen LogP contribution in [-0.4, -0.2) is 34.4 Å². The van der Waals surface area contributed by atoms with Gasteiger partial charge in [0, 0.05) is 30.3 Å². The van der Waals surface area contributed by atoms with Crippen molar-refractivity contribution in [2.45, 2.75) is 62.2 Å². The third kappa shape index (κ3) is 3.26. The van der Waals surface area contributed by atoms with E-state index in [1.165, 1.54) is 37.7 Å². The second-order valence-electron chi connectivity index (χ2n) is 7.55. The summed E-state index contributed by atoms with van der Waals surface area (Å²) in [7, 11) is 0. The summed E-state index contributed by atoms with van der Waals surface area (Å²) in [6.07, 6.45) is 8.15. The maximum atomic E-state index is 10.7. The molecule has 2 fully saturated rings. The minimum atomic E-state index is -0.530. The van der Waals surface area contributed by atoms with Crippen molar-refractivity contribution in [3.8, 4) is 5.75 Å². The Morgan fingerprint density at radius 1 is 1.17 bits per heavy atom. The van der Waals surface area contributed by atoms with E-state index < -0.39 is 5.60 Å². The zero-order chi connectivity index (χ0) is 15.8. The van der Waals surface area contributed by atoms with Crippen LogP contribution in [0, 0.1) is 0 Å². The van der Waals surface area contributed by atoms with Crippen molar-refractivity contribution < 1.29 is 9.84 Å². The summed E-state index contributed by atoms with van der Waals surface area (Å²) >= 11 is 1.86. The van der Waals surface area contributed by atoms with E-state index in [2.05, 4.69) is 29.6 Å². The maximum Gasteiger partial charge on any atom is 0.124 e. The lowest BCUT2D eigenvalue weighted by molar-refractivity contribution is -0.00765. The number of aliphatic hydroxyl groups is 1. The third-order valence-corrected chi connectivity index (χ3v) is 6.96. The van der Waals surface area contributed by atoms with Gasteiger partial charge in [0.1, 0.15) is 11.4 Å². The molecule has 4 rings (SSSR count). The van der Waals surface area contributed by atoms with E-state index in [-0.39, 0.29) is 5.60 Å². The molecule has 1 aromatic rings. The number of hydrogen-bond acceptors (Lipinski definition) is 4. The first-order valence-corrected chi connectivity index (χ1v) is 10.2. The van der Waals surface area contributed by atoms with Crippen LogP contribution in [0.4, 0.5) is 0 Å². The van der Waals surface area contributed by atoms with E-state index in [9.17, 15) is 5.11 Å². The van der Waals surface area contributed by atoms with Gasteiger partial charge >= 0.3 is 0 Å². The van der Waals surface area contributed by atoms with Crippen molar-refractivity contribution in [3.63, 3.8) is 0 Å². The van der Waals surface area contributed by atoms with Crippen LogP contribution in [0.2, 0.25) is 0 Å². The van der Waals surface area contributed by atoms with Gasteiger partial charge in [0.2, 0.25) is 0 Å². The Morgan fingerprint density at radius 2 is 2.00 bits per heavy atom. The van der Waals surface area contributed by atoms with Crippen LogP contribution in [0.15, 0.2) is 24.3 Å². The number of para-hydroxylation sites is 1. The highest BCUT2D eigenvalue weighted by molar-refractivity contribution is 7.99. The fourth-order valence-electron chi connectivity index (χ4n) is 4.35. The van der Waals surface area contributed by atoms with Crippen molar-refractivity contribution in [2.24, 2.45) is 0 Å². The average molecular weight is 333 g/mol. The molecule has 4 heteroatoms. The highest BCUT2D eigenvalue weighted by atomic mass is 32.2. The number of benzene rings is 1. The quantitative estimate of drug-likeness (QED) is 0.885. The Morgan fingerprint density at radius 3 is 2.78 bits per heavy atom. The summed E-state index contributed by atoms with van der Waals surface area (Å²) in [5.74, 6) is 2.98. The first kappa shape index (κ1) is 15.8. The van der Waals surface area contributed by atoms with Crippen LogP contribution < -0.4 is 10.1 Å². The van der Waals surface area contributed by atoms with E-state index in [0.29, 0.717) is 12.6 Å². The molecule has 1 aromatic carbocycles. The van der Waals surface area contributed by atoms with Gasteiger partial charge in [0.15, 0.2) is 0 Å². The normalized spacial score (nSPS) is 32.5. The molecule has 0 amide bonds. The minimum absolute atomic E-state index is 0.0112. The summed E-state index contributed by atoms with van der Waals surface area (Å²) in [5.41, 5.74) is 0.743. The summed E-state index contributed by atoms with van der Waals surface area (Å²) in [5, 5.41) is 14.3. The van der Waals surface area contributed by atoms with Crippen molar-refractivity contribution in [3.05, 3.63) is 29.8 Å². The van der Waals surface area contributed by atoms with Crippen molar-refractivity contribution in [1.82, 2.24) is 5.32 Å². The zero-order valence-electron chi connectivity index (χ0n) is 13.7. The predicted octanol–water partition coefficient (Wildman–Crippen LogP) is 3.67. The van der Waals surface area contributed by atoms with E-state index in [1.54, 1.807) is 0 Å². The summed E-state index contributed by atoms with van der Waals surface area (Å²) < 4.78 is 6.48. The average Bonchev–Trinajstić information content (AvgIpc) is 3.00. The molecule has 126 valence electrons. The van der Waals surface area contributed by atoms with Crippen LogP contribution in [0.3, 0.4) is 0 Å². The topological polar surface area (TPSA) is 41.5 Å². The second kappa shape index (κ2) is 6.30. The van der Waals surface area contributed by atoms with Gasteiger partial charge in [0.25, 0.3) is 0 Å². The number of nitrogens with one attached hydrogen (secondary N) is 1. The summed E-state index contributed by atoms with van der Waals surface area (Å²) in [6.45, 7) is 0.690. The molecule has 3 nitrogen and oxygen atoms in total. The standard InChI is InChI=1S/C19H27NO2S/c21-18(10-11-23-14-18)13-20-16-12-19(8-4-1-5-9-19)22-17-7-3-2-6-15(16)17/h2-3,6-7,16,20-21H,1,4-5,8-14H2. The smallest absolute Gasteiger partial charge is 0.124 e. The van der Waals surface area contributed by atoms with Gasteiger partial charge in [-0.1, -0.05) is 24.6 Å². The van der Waals surface area contributed by atoms with Crippen LogP contribution >= 0.6 is 11.8 Å². The maximum absolute atomic E-state index is 10.7. The molecular formula is C19H27NO2S. The third-order valence-electron chi connectivity index (χ3n) is 5.72. The Balaban J connectivity index is 1.54. The Labute approximate surface area is 143 Å². The van der Waals surface area contributed by atoms with Gasteiger partial charge in [-0.05, 0) is 43.9 Å². The number of thioether (sulfide) groups is 1. The summed E-state index contributed by atoms with van der Waals surface area (Å²) in [4.78, 5) is 0.